The van der Waals surface area contributed by atoms with Gasteiger partial charge in [0, 0.05) is 19.5 Å². The Hall–Kier alpha value is -1.35. The Morgan fingerprint density at radius 2 is 2.10 bits per heavy atom. The standard InChI is InChI=1S/C18H27NO2/c1-3-5-7-17(20)15-9-8-14-10-11-19(13-16(14)12-15)18(21)6-4-2/h8-9,12,17,20H,3-7,10-11,13H2,1-2H3. The largest absolute Gasteiger partial charge is 0.388 e. The Labute approximate surface area is 128 Å². The normalized spacial score (nSPS) is 15.7. The lowest BCUT2D eigenvalue weighted by Gasteiger charge is -2.29. The number of aliphatic hydroxyl groups excluding tert-OH is 1. The summed E-state index contributed by atoms with van der Waals surface area (Å²) in [7, 11) is 0. The minimum atomic E-state index is -0.378. The zero-order valence-corrected chi connectivity index (χ0v) is 13.3. The zero-order chi connectivity index (χ0) is 15.2. The number of rotatable bonds is 6. The molecule has 3 nitrogen and oxygen atoms in total. The van der Waals surface area contributed by atoms with E-state index in [1.807, 2.05) is 17.9 Å². The van der Waals surface area contributed by atoms with Gasteiger partial charge in [0.25, 0.3) is 0 Å². The van der Waals surface area contributed by atoms with Gasteiger partial charge in [-0.15, -0.1) is 0 Å². The number of amides is 1. The number of hydrogen-bond acceptors (Lipinski definition) is 2. The number of aliphatic hydroxyl groups is 1. The van der Waals surface area contributed by atoms with E-state index in [-0.39, 0.29) is 12.0 Å². The molecule has 3 heteroatoms. The van der Waals surface area contributed by atoms with Gasteiger partial charge in [0.1, 0.15) is 0 Å². The number of carbonyl (C=O) groups excluding carboxylic acids is 1. The van der Waals surface area contributed by atoms with Crippen molar-refractivity contribution in [2.45, 2.75) is 65.0 Å². The smallest absolute Gasteiger partial charge is 0.222 e. The van der Waals surface area contributed by atoms with Gasteiger partial charge in [-0.3, -0.25) is 4.79 Å². The van der Waals surface area contributed by atoms with E-state index >= 15 is 0 Å². The van der Waals surface area contributed by atoms with Gasteiger partial charge in [0.2, 0.25) is 5.91 Å². The van der Waals surface area contributed by atoms with E-state index in [0.717, 1.165) is 44.2 Å². The van der Waals surface area contributed by atoms with Crippen LogP contribution >= 0.6 is 0 Å². The maximum atomic E-state index is 12.0. The monoisotopic (exact) mass is 289 g/mol. The third-order valence-electron chi connectivity index (χ3n) is 4.28. The van der Waals surface area contributed by atoms with Crippen LogP contribution in [0.5, 0.6) is 0 Å². The van der Waals surface area contributed by atoms with E-state index in [1.165, 1.54) is 11.1 Å². The minimum Gasteiger partial charge on any atom is -0.388 e. The Morgan fingerprint density at radius 1 is 1.29 bits per heavy atom. The van der Waals surface area contributed by atoms with Gasteiger partial charge in [0.05, 0.1) is 6.10 Å². The Kier molecular flexibility index (Phi) is 5.80. The highest BCUT2D eigenvalue weighted by Crippen LogP contribution is 2.26. The second-order valence-corrected chi connectivity index (χ2v) is 6.00. The van der Waals surface area contributed by atoms with Gasteiger partial charge >= 0.3 is 0 Å². The van der Waals surface area contributed by atoms with Crippen LogP contribution in [-0.4, -0.2) is 22.5 Å². The molecule has 0 spiro atoms. The van der Waals surface area contributed by atoms with Gasteiger partial charge in [-0.05, 0) is 36.0 Å². The molecule has 1 aliphatic heterocycles. The van der Waals surface area contributed by atoms with Crippen molar-refractivity contribution in [1.29, 1.82) is 0 Å². The summed E-state index contributed by atoms with van der Waals surface area (Å²) < 4.78 is 0. The lowest BCUT2D eigenvalue weighted by molar-refractivity contribution is -0.132. The summed E-state index contributed by atoms with van der Waals surface area (Å²) in [5, 5.41) is 10.2. The molecule has 116 valence electrons. The van der Waals surface area contributed by atoms with Gasteiger partial charge in [-0.25, -0.2) is 0 Å². The first-order valence-electron chi connectivity index (χ1n) is 8.23. The molecule has 0 aromatic heterocycles. The molecule has 1 atom stereocenters. The molecule has 1 N–H and O–H groups in total. The quantitative estimate of drug-likeness (QED) is 0.869. The molecule has 0 saturated carbocycles. The maximum Gasteiger partial charge on any atom is 0.222 e. The first kappa shape index (κ1) is 16.0. The average Bonchev–Trinajstić information content (AvgIpc) is 2.51. The fourth-order valence-corrected chi connectivity index (χ4v) is 2.93. The molecule has 1 unspecified atom stereocenters. The SMILES string of the molecule is CCCCC(O)c1ccc2c(c1)CN(C(=O)CCC)CC2. The Morgan fingerprint density at radius 3 is 2.81 bits per heavy atom. The molecule has 1 aliphatic rings. The highest BCUT2D eigenvalue weighted by molar-refractivity contribution is 5.76. The summed E-state index contributed by atoms with van der Waals surface area (Å²) in [5.41, 5.74) is 3.52. The van der Waals surface area contributed by atoms with Crippen molar-refractivity contribution in [1.82, 2.24) is 4.90 Å². The molecule has 0 saturated heterocycles. The highest BCUT2D eigenvalue weighted by Gasteiger charge is 2.21. The lowest BCUT2D eigenvalue weighted by Crippen LogP contribution is -2.35. The molecule has 0 fully saturated rings. The summed E-state index contributed by atoms with van der Waals surface area (Å²) >= 11 is 0. The van der Waals surface area contributed by atoms with Crippen LogP contribution in [0.2, 0.25) is 0 Å². The molecule has 2 rings (SSSR count). The second kappa shape index (κ2) is 7.60. The van der Waals surface area contributed by atoms with Crippen LogP contribution in [0.4, 0.5) is 0 Å². The number of carbonyl (C=O) groups is 1. The van der Waals surface area contributed by atoms with Crippen molar-refractivity contribution in [3.05, 3.63) is 34.9 Å². The third-order valence-corrected chi connectivity index (χ3v) is 4.28. The van der Waals surface area contributed by atoms with E-state index in [9.17, 15) is 9.90 Å². The second-order valence-electron chi connectivity index (χ2n) is 6.00. The average molecular weight is 289 g/mol. The lowest BCUT2D eigenvalue weighted by atomic mass is 9.94. The number of unbranched alkanes of at least 4 members (excludes halogenated alkanes) is 1. The summed E-state index contributed by atoms with van der Waals surface area (Å²) in [6.07, 6.45) is 5.04. The van der Waals surface area contributed by atoms with Crippen LogP contribution in [0.25, 0.3) is 0 Å². The highest BCUT2D eigenvalue weighted by atomic mass is 16.3. The molecular formula is C18H27NO2. The van der Waals surface area contributed by atoms with Crippen molar-refractivity contribution < 1.29 is 9.90 Å². The summed E-state index contributed by atoms with van der Waals surface area (Å²) in [6.45, 7) is 5.70. The van der Waals surface area contributed by atoms with Gasteiger partial charge in [0.15, 0.2) is 0 Å². The maximum absolute atomic E-state index is 12.0. The predicted octanol–water partition coefficient (Wildman–Crippen LogP) is 3.60. The molecule has 1 aromatic rings. The van der Waals surface area contributed by atoms with Crippen molar-refractivity contribution in [2.24, 2.45) is 0 Å². The molecule has 0 radical (unpaired) electrons. The Balaban J connectivity index is 2.09. The minimum absolute atomic E-state index is 0.250. The number of hydrogen-bond donors (Lipinski definition) is 1. The molecular weight excluding hydrogens is 262 g/mol. The first-order valence-corrected chi connectivity index (χ1v) is 8.23. The van der Waals surface area contributed by atoms with E-state index in [0.29, 0.717) is 13.0 Å². The molecule has 1 aromatic carbocycles. The van der Waals surface area contributed by atoms with Crippen LogP contribution in [0.1, 0.15) is 68.7 Å². The van der Waals surface area contributed by atoms with Gasteiger partial charge in [-0.1, -0.05) is 44.9 Å². The van der Waals surface area contributed by atoms with Crippen LogP contribution in [0.3, 0.4) is 0 Å². The topological polar surface area (TPSA) is 40.5 Å². The molecule has 0 bridgehead atoms. The van der Waals surface area contributed by atoms with E-state index in [1.54, 1.807) is 0 Å². The third kappa shape index (κ3) is 4.07. The van der Waals surface area contributed by atoms with Crippen LogP contribution in [-0.2, 0) is 17.8 Å². The van der Waals surface area contributed by atoms with Crippen LogP contribution < -0.4 is 0 Å². The fraction of sp³-hybridized carbons (Fsp3) is 0.611. The van der Waals surface area contributed by atoms with Crippen molar-refractivity contribution in [3.8, 4) is 0 Å². The summed E-state index contributed by atoms with van der Waals surface area (Å²) in [5.74, 6) is 0.250. The molecule has 21 heavy (non-hydrogen) atoms. The summed E-state index contributed by atoms with van der Waals surface area (Å²) in [6, 6.07) is 6.27. The van der Waals surface area contributed by atoms with Crippen molar-refractivity contribution in [2.75, 3.05) is 6.54 Å². The predicted molar refractivity (Wildman–Crippen MR) is 85.0 cm³/mol. The van der Waals surface area contributed by atoms with Gasteiger partial charge in [-0.2, -0.15) is 0 Å². The molecule has 1 heterocycles. The first-order chi connectivity index (χ1) is 10.2. The van der Waals surface area contributed by atoms with Crippen molar-refractivity contribution in [3.63, 3.8) is 0 Å². The van der Waals surface area contributed by atoms with Crippen molar-refractivity contribution >= 4 is 5.91 Å². The van der Waals surface area contributed by atoms with E-state index in [4.69, 9.17) is 0 Å². The number of benzene rings is 1. The zero-order valence-electron chi connectivity index (χ0n) is 13.3. The van der Waals surface area contributed by atoms with Gasteiger partial charge < -0.3 is 10.0 Å². The van der Waals surface area contributed by atoms with Crippen LogP contribution in [0, 0.1) is 0 Å². The molecule has 1 amide bonds. The summed E-state index contributed by atoms with van der Waals surface area (Å²) in [4.78, 5) is 14.0. The fourth-order valence-electron chi connectivity index (χ4n) is 2.93. The van der Waals surface area contributed by atoms with Crippen LogP contribution in [0.15, 0.2) is 18.2 Å². The van der Waals surface area contributed by atoms with E-state index in [2.05, 4.69) is 19.1 Å². The van der Waals surface area contributed by atoms with E-state index < -0.39 is 0 Å². The molecule has 0 aliphatic carbocycles. The number of fused-ring (bicyclic) bond motifs is 1. The Bertz CT molecular complexity index is 484. The number of nitrogens with zero attached hydrogens (tertiary/aromatic N) is 1.